The third-order valence-electron chi connectivity index (χ3n) is 1.98. The first kappa shape index (κ1) is 14.5. The van der Waals surface area contributed by atoms with Crippen LogP contribution in [0, 0.1) is 0 Å². The summed E-state index contributed by atoms with van der Waals surface area (Å²) in [6.07, 6.45) is 0.153. The van der Waals surface area contributed by atoms with Crippen LogP contribution in [0.2, 0.25) is 0 Å². The van der Waals surface area contributed by atoms with E-state index in [-0.39, 0.29) is 36.4 Å². The van der Waals surface area contributed by atoms with Crippen LogP contribution in [0.25, 0.3) is 0 Å². The molecule has 0 spiro atoms. The van der Waals surface area contributed by atoms with Gasteiger partial charge in [0.15, 0.2) is 0 Å². The number of esters is 2. The van der Waals surface area contributed by atoms with Crippen molar-refractivity contribution in [1.82, 2.24) is 5.32 Å². The zero-order valence-corrected chi connectivity index (χ0v) is 9.77. The second kappa shape index (κ2) is 6.87. The van der Waals surface area contributed by atoms with Crippen LogP contribution in [-0.2, 0) is 19.1 Å². The second-order valence-electron chi connectivity index (χ2n) is 2.97. The molecule has 0 radical (unpaired) electrons. The molecule has 0 aromatic rings. The number of hydrogen-bond acceptors (Lipinski definition) is 5. The first-order chi connectivity index (χ1) is 6.67. The summed E-state index contributed by atoms with van der Waals surface area (Å²) >= 11 is 5.27. The van der Waals surface area contributed by atoms with Gasteiger partial charge in [-0.25, -0.2) is 0 Å². The van der Waals surface area contributed by atoms with E-state index in [4.69, 9.17) is 16.3 Å². The molecule has 7 heteroatoms. The number of halogens is 2. The summed E-state index contributed by atoms with van der Waals surface area (Å²) in [5.74, 6) is -0.974. The van der Waals surface area contributed by atoms with Crippen molar-refractivity contribution < 1.29 is 19.1 Å². The van der Waals surface area contributed by atoms with Crippen molar-refractivity contribution in [1.29, 1.82) is 0 Å². The fourth-order valence-corrected chi connectivity index (χ4v) is 1.40. The zero-order valence-electron chi connectivity index (χ0n) is 8.20. The Morgan fingerprint density at radius 2 is 2.20 bits per heavy atom. The van der Waals surface area contributed by atoms with Crippen LogP contribution < -0.4 is 5.32 Å². The van der Waals surface area contributed by atoms with Crippen LogP contribution in [0.4, 0.5) is 0 Å². The Hall–Kier alpha value is -0.520. The van der Waals surface area contributed by atoms with Gasteiger partial charge >= 0.3 is 11.9 Å². The molecule has 0 unspecified atom stereocenters. The number of methoxy groups -OCH3 is 1. The first-order valence-electron chi connectivity index (χ1n) is 4.24. The Bertz CT molecular complexity index is 237. The Morgan fingerprint density at radius 3 is 2.73 bits per heavy atom. The van der Waals surface area contributed by atoms with Crippen LogP contribution in [0.1, 0.15) is 6.42 Å². The summed E-state index contributed by atoms with van der Waals surface area (Å²) < 4.78 is 9.49. The third-order valence-corrected chi connectivity index (χ3v) is 2.20. The van der Waals surface area contributed by atoms with E-state index in [1.807, 2.05) is 0 Å². The number of carbonyl (C=O) groups is 2. The van der Waals surface area contributed by atoms with Crippen molar-refractivity contribution in [3.63, 3.8) is 0 Å². The van der Waals surface area contributed by atoms with Gasteiger partial charge in [-0.1, -0.05) is 0 Å². The quantitative estimate of drug-likeness (QED) is 0.574. The second-order valence-corrected chi connectivity index (χ2v) is 3.23. The molecule has 0 aliphatic carbocycles. The Kier molecular flexibility index (Phi) is 6.63. The lowest BCUT2D eigenvalue weighted by atomic mass is 10.2. The van der Waals surface area contributed by atoms with Crippen molar-refractivity contribution in [2.45, 2.75) is 18.6 Å². The molecule has 0 bridgehead atoms. The summed E-state index contributed by atoms with van der Waals surface area (Å²) in [6, 6.07) is -0.381. The highest BCUT2D eigenvalue weighted by atomic mass is 35.5. The van der Waals surface area contributed by atoms with Gasteiger partial charge in [-0.15, -0.1) is 24.0 Å². The maximum absolute atomic E-state index is 11.1. The first-order valence-corrected chi connectivity index (χ1v) is 4.77. The molecule has 15 heavy (non-hydrogen) atoms. The lowest BCUT2D eigenvalue weighted by molar-refractivity contribution is -0.147. The lowest BCUT2D eigenvalue weighted by Gasteiger charge is -2.09. The minimum atomic E-state index is -0.469. The van der Waals surface area contributed by atoms with Crippen molar-refractivity contribution in [2.24, 2.45) is 0 Å². The van der Waals surface area contributed by atoms with Gasteiger partial charge in [0.1, 0.15) is 18.0 Å². The summed E-state index contributed by atoms with van der Waals surface area (Å²) in [4.78, 5) is 21.9. The number of ether oxygens (including phenoxy) is 2. The molecule has 1 heterocycles. The highest BCUT2D eigenvalue weighted by Gasteiger charge is 2.32. The summed E-state index contributed by atoms with van der Waals surface area (Å²) in [5, 5.41) is 2.89. The van der Waals surface area contributed by atoms with Crippen molar-refractivity contribution >= 4 is 35.9 Å². The smallest absolute Gasteiger partial charge is 0.323 e. The number of rotatable bonds is 3. The van der Waals surface area contributed by atoms with Gasteiger partial charge in [-0.2, -0.15) is 0 Å². The predicted molar refractivity (Wildman–Crippen MR) is 56.3 cm³/mol. The van der Waals surface area contributed by atoms with E-state index in [1.165, 1.54) is 7.11 Å². The van der Waals surface area contributed by atoms with E-state index in [9.17, 15) is 9.59 Å². The van der Waals surface area contributed by atoms with Crippen molar-refractivity contribution in [3.05, 3.63) is 0 Å². The molecule has 1 fully saturated rings. The van der Waals surface area contributed by atoms with Gasteiger partial charge in [0, 0.05) is 13.0 Å². The lowest BCUT2D eigenvalue weighted by Crippen LogP contribution is -2.31. The highest BCUT2D eigenvalue weighted by Crippen LogP contribution is 2.11. The maximum atomic E-state index is 11.1. The minimum Gasteiger partial charge on any atom is -0.468 e. The molecule has 88 valence electrons. The van der Waals surface area contributed by atoms with Crippen LogP contribution in [-0.4, -0.2) is 43.6 Å². The molecule has 1 aliphatic rings. The van der Waals surface area contributed by atoms with Gasteiger partial charge in [-0.3, -0.25) is 9.59 Å². The van der Waals surface area contributed by atoms with Crippen molar-refractivity contribution in [2.75, 3.05) is 19.5 Å². The van der Waals surface area contributed by atoms with Crippen LogP contribution in [0.15, 0.2) is 0 Å². The van der Waals surface area contributed by atoms with E-state index < -0.39 is 5.97 Å². The van der Waals surface area contributed by atoms with Crippen molar-refractivity contribution in [3.8, 4) is 0 Å². The fourth-order valence-electron chi connectivity index (χ4n) is 1.33. The molecule has 0 saturated carbocycles. The fraction of sp³-hybridized carbons (Fsp3) is 0.750. The van der Waals surface area contributed by atoms with Gasteiger partial charge in [0.25, 0.3) is 0 Å². The Balaban J connectivity index is 0.00000196. The van der Waals surface area contributed by atoms with Crippen LogP contribution >= 0.6 is 24.0 Å². The average Bonchev–Trinajstić information content (AvgIpc) is 2.65. The molecule has 1 aliphatic heterocycles. The molecule has 0 aromatic heterocycles. The molecule has 5 nitrogen and oxygen atoms in total. The van der Waals surface area contributed by atoms with Gasteiger partial charge in [-0.05, 0) is 0 Å². The van der Waals surface area contributed by atoms with Crippen LogP contribution in [0.3, 0.4) is 0 Å². The monoisotopic (exact) mass is 257 g/mol. The topological polar surface area (TPSA) is 64.6 Å². The molecular weight excluding hydrogens is 245 g/mol. The van der Waals surface area contributed by atoms with Gasteiger partial charge in [0.2, 0.25) is 0 Å². The molecule has 0 aromatic carbocycles. The molecule has 0 amide bonds. The SMILES string of the molecule is COC(=O)[C@@H]1C[C@@H](OC(=O)CCl)CN1.Cl. The zero-order chi connectivity index (χ0) is 10.6. The normalized spacial score (nSPS) is 24.1. The molecule has 1 N–H and O–H groups in total. The summed E-state index contributed by atoms with van der Waals surface area (Å²) in [6.45, 7) is 0.461. The largest absolute Gasteiger partial charge is 0.468 e. The van der Waals surface area contributed by atoms with Gasteiger partial charge in [0.05, 0.1) is 7.11 Å². The Morgan fingerprint density at radius 1 is 1.53 bits per heavy atom. The van der Waals surface area contributed by atoms with E-state index in [1.54, 1.807) is 0 Å². The maximum Gasteiger partial charge on any atom is 0.323 e. The predicted octanol–water partition coefficient (Wildman–Crippen LogP) is 0.0937. The van der Waals surface area contributed by atoms with E-state index in [2.05, 4.69) is 10.1 Å². The minimum absolute atomic E-state index is 0. The molecular formula is C8H13Cl2NO4. The number of nitrogens with one attached hydrogen (secondary N) is 1. The highest BCUT2D eigenvalue weighted by molar-refractivity contribution is 6.26. The molecule has 1 saturated heterocycles. The number of hydrogen-bond donors (Lipinski definition) is 1. The summed E-state index contributed by atoms with van der Waals surface area (Å²) in [5.41, 5.74) is 0. The molecule has 1 rings (SSSR count). The third kappa shape index (κ3) is 4.24. The van der Waals surface area contributed by atoms with E-state index in [0.717, 1.165) is 0 Å². The van der Waals surface area contributed by atoms with E-state index >= 15 is 0 Å². The Labute approximate surface area is 98.8 Å². The average molecular weight is 258 g/mol. The summed E-state index contributed by atoms with van der Waals surface area (Å²) in [7, 11) is 1.32. The number of alkyl halides is 1. The number of carbonyl (C=O) groups excluding carboxylic acids is 2. The van der Waals surface area contributed by atoms with Crippen LogP contribution in [0.5, 0.6) is 0 Å². The molecule has 2 atom stereocenters. The van der Waals surface area contributed by atoms with Gasteiger partial charge < -0.3 is 14.8 Å². The standard InChI is InChI=1S/C8H12ClNO4.ClH/c1-13-8(12)6-2-5(4-10-6)14-7(11)3-9;/h5-6,10H,2-4H2,1H3;1H/t5-,6+;/m1./s1. The van der Waals surface area contributed by atoms with E-state index in [0.29, 0.717) is 13.0 Å².